The molecule has 0 unspecified atom stereocenters. The summed E-state index contributed by atoms with van der Waals surface area (Å²) in [4.78, 5) is 10.7. The minimum atomic E-state index is -1.57. The van der Waals surface area contributed by atoms with Gasteiger partial charge in [0.05, 0.1) is 6.10 Å². The van der Waals surface area contributed by atoms with E-state index in [1.807, 2.05) is 0 Å². The Balaban J connectivity index is 4.23. The van der Waals surface area contributed by atoms with Crippen LogP contribution in [0.5, 0.6) is 0 Å². The van der Waals surface area contributed by atoms with Gasteiger partial charge in [0.25, 0.3) is 0 Å². The Morgan fingerprint density at radius 1 is 1.70 bits per heavy atom. The molecule has 0 rings (SSSR count). The molecular weight excluding hydrogens is 132 g/mol. The number of Topliss-reactive ketones (excluding diaryl/α,β-unsaturated/α-hetero) is 1. The van der Waals surface area contributed by atoms with Crippen LogP contribution in [-0.2, 0) is 4.79 Å². The second-order valence-corrected chi connectivity index (χ2v) is 2.63. The van der Waals surface area contributed by atoms with Gasteiger partial charge < -0.3 is 10.2 Å². The predicted molar refractivity (Wildman–Crippen MR) is 37.6 cm³/mol. The van der Waals surface area contributed by atoms with Crippen molar-refractivity contribution in [2.24, 2.45) is 0 Å². The zero-order chi connectivity index (χ0) is 8.36. The smallest absolute Gasteiger partial charge is 0.163 e. The van der Waals surface area contributed by atoms with Gasteiger partial charge in [-0.05, 0) is 20.3 Å². The van der Waals surface area contributed by atoms with Crippen molar-refractivity contribution in [2.75, 3.05) is 0 Å². The van der Waals surface area contributed by atoms with Crippen LogP contribution in [0.3, 0.4) is 0 Å². The topological polar surface area (TPSA) is 57.5 Å². The second kappa shape index (κ2) is 3.12. The molecule has 0 radical (unpaired) electrons. The van der Waals surface area contributed by atoms with Crippen LogP contribution in [-0.4, -0.2) is 27.7 Å². The van der Waals surface area contributed by atoms with Crippen LogP contribution >= 0.6 is 0 Å². The number of hydrogen-bond acceptors (Lipinski definition) is 3. The van der Waals surface area contributed by atoms with E-state index in [1.54, 1.807) is 6.92 Å². The highest BCUT2D eigenvalue weighted by Crippen LogP contribution is 2.13. The lowest BCUT2D eigenvalue weighted by Crippen LogP contribution is -2.45. The third-order valence-electron chi connectivity index (χ3n) is 1.75. The Bertz CT molecular complexity index is 129. The molecule has 2 atom stereocenters. The third kappa shape index (κ3) is 1.78. The molecule has 0 amide bonds. The number of aliphatic hydroxyl groups is 2. The Morgan fingerprint density at radius 2 is 2.10 bits per heavy atom. The molecule has 0 aromatic rings. The van der Waals surface area contributed by atoms with Crippen LogP contribution in [0.1, 0.15) is 27.2 Å². The molecule has 0 aliphatic heterocycles. The number of carbonyl (C=O) groups excluding carboxylic acids is 1. The zero-order valence-electron chi connectivity index (χ0n) is 6.59. The highest BCUT2D eigenvalue weighted by Gasteiger charge is 2.33. The summed E-state index contributed by atoms with van der Waals surface area (Å²) in [5, 5.41) is 18.3. The van der Waals surface area contributed by atoms with Gasteiger partial charge in [0.2, 0.25) is 0 Å². The van der Waals surface area contributed by atoms with E-state index in [9.17, 15) is 9.90 Å². The molecular formula is C7H14O3. The SMILES string of the molecule is CC[C@@H](O)[C@](C)(O)C(C)=O. The van der Waals surface area contributed by atoms with Crippen LogP contribution < -0.4 is 0 Å². The summed E-state index contributed by atoms with van der Waals surface area (Å²) in [5.74, 6) is -0.401. The molecule has 0 saturated carbocycles. The van der Waals surface area contributed by atoms with E-state index in [2.05, 4.69) is 0 Å². The summed E-state index contributed by atoms with van der Waals surface area (Å²) in [5.41, 5.74) is -1.57. The molecule has 10 heavy (non-hydrogen) atoms. The van der Waals surface area contributed by atoms with Gasteiger partial charge in [0, 0.05) is 0 Å². The normalized spacial score (nSPS) is 19.7. The van der Waals surface area contributed by atoms with Crippen molar-refractivity contribution in [3.63, 3.8) is 0 Å². The number of hydrogen-bond donors (Lipinski definition) is 2. The fraction of sp³-hybridized carbons (Fsp3) is 0.857. The molecule has 0 aromatic carbocycles. The van der Waals surface area contributed by atoms with Crippen molar-refractivity contribution in [1.82, 2.24) is 0 Å². The standard InChI is InChI=1S/C7H14O3/c1-4-6(9)7(3,10)5(2)8/h6,9-10H,4H2,1-3H3/t6-,7-/m1/s1. The first-order chi connectivity index (χ1) is 4.42. The first kappa shape index (κ1) is 9.59. The molecule has 0 fully saturated rings. The minimum Gasteiger partial charge on any atom is -0.390 e. The van der Waals surface area contributed by atoms with Crippen molar-refractivity contribution >= 4 is 5.78 Å². The monoisotopic (exact) mass is 146 g/mol. The summed E-state index contributed by atoms with van der Waals surface area (Å²) in [6.45, 7) is 4.30. The van der Waals surface area contributed by atoms with E-state index < -0.39 is 17.5 Å². The van der Waals surface area contributed by atoms with Gasteiger partial charge in [-0.2, -0.15) is 0 Å². The minimum absolute atomic E-state index is 0.382. The first-order valence-corrected chi connectivity index (χ1v) is 3.34. The lowest BCUT2D eigenvalue weighted by Gasteiger charge is -2.24. The van der Waals surface area contributed by atoms with Gasteiger partial charge in [0.15, 0.2) is 5.78 Å². The molecule has 0 aliphatic rings. The van der Waals surface area contributed by atoms with Gasteiger partial charge in [0.1, 0.15) is 5.60 Å². The lowest BCUT2D eigenvalue weighted by atomic mass is 9.93. The maximum atomic E-state index is 10.7. The quantitative estimate of drug-likeness (QED) is 0.593. The second-order valence-electron chi connectivity index (χ2n) is 2.63. The van der Waals surface area contributed by atoms with E-state index in [1.165, 1.54) is 13.8 Å². The molecule has 0 spiro atoms. The molecule has 0 bridgehead atoms. The molecule has 0 heterocycles. The van der Waals surface area contributed by atoms with E-state index in [0.717, 1.165) is 0 Å². The number of ketones is 1. The average Bonchev–Trinajstić information content (AvgIpc) is 1.86. The van der Waals surface area contributed by atoms with Gasteiger partial charge >= 0.3 is 0 Å². The summed E-state index contributed by atoms with van der Waals surface area (Å²) in [7, 11) is 0. The average molecular weight is 146 g/mol. The number of aliphatic hydroxyl groups excluding tert-OH is 1. The van der Waals surface area contributed by atoms with Gasteiger partial charge in [-0.3, -0.25) is 4.79 Å². The number of rotatable bonds is 3. The highest BCUT2D eigenvalue weighted by molar-refractivity contribution is 5.84. The Morgan fingerprint density at radius 3 is 2.20 bits per heavy atom. The Labute approximate surface area is 60.7 Å². The van der Waals surface area contributed by atoms with Gasteiger partial charge in [-0.15, -0.1) is 0 Å². The van der Waals surface area contributed by atoms with Crippen LogP contribution in [0.2, 0.25) is 0 Å². The Kier molecular flexibility index (Phi) is 2.99. The first-order valence-electron chi connectivity index (χ1n) is 3.34. The summed E-state index contributed by atoms with van der Waals surface area (Å²) in [6.07, 6.45) is -0.572. The molecule has 3 heteroatoms. The van der Waals surface area contributed by atoms with Crippen molar-refractivity contribution in [3.8, 4) is 0 Å². The largest absolute Gasteiger partial charge is 0.390 e. The molecule has 3 nitrogen and oxygen atoms in total. The fourth-order valence-electron chi connectivity index (χ4n) is 0.632. The maximum absolute atomic E-state index is 10.7. The van der Waals surface area contributed by atoms with Crippen molar-refractivity contribution < 1.29 is 15.0 Å². The number of carbonyl (C=O) groups is 1. The van der Waals surface area contributed by atoms with Crippen molar-refractivity contribution in [3.05, 3.63) is 0 Å². The molecule has 0 saturated heterocycles. The lowest BCUT2D eigenvalue weighted by molar-refractivity contribution is -0.145. The maximum Gasteiger partial charge on any atom is 0.163 e. The van der Waals surface area contributed by atoms with E-state index in [0.29, 0.717) is 6.42 Å². The third-order valence-corrected chi connectivity index (χ3v) is 1.75. The molecule has 60 valence electrons. The van der Waals surface area contributed by atoms with Crippen LogP contribution in [0.15, 0.2) is 0 Å². The predicted octanol–water partition coefficient (Wildman–Crippen LogP) is 0.0973. The zero-order valence-corrected chi connectivity index (χ0v) is 6.59. The van der Waals surface area contributed by atoms with Crippen LogP contribution in [0.25, 0.3) is 0 Å². The summed E-state index contributed by atoms with van der Waals surface area (Å²) in [6, 6.07) is 0. The summed E-state index contributed by atoms with van der Waals surface area (Å²) >= 11 is 0. The Hall–Kier alpha value is -0.410. The van der Waals surface area contributed by atoms with Crippen molar-refractivity contribution in [2.45, 2.75) is 38.9 Å². The molecule has 0 aromatic heterocycles. The van der Waals surface area contributed by atoms with Gasteiger partial charge in [-0.25, -0.2) is 0 Å². The van der Waals surface area contributed by atoms with Gasteiger partial charge in [-0.1, -0.05) is 6.92 Å². The van der Waals surface area contributed by atoms with Crippen LogP contribution in [0, 0.1) is 0 Å². The summed E-state index contributed by atoms with van der Waals surface area (Å²) < 4.78 is 0. The molecule has 0 aliphatic carbocycles. The van der Waals surface area contributed by atoms with Crippen LogP contribution in [0.4, 0.5) is 0 Å². The van der Waals surface area contributed by atoms with E-state index in [-0.39, 0.29) is 0 Å². The fourth-order valence-corrected chi connectivity index (χ4v) is 0.632. The van der Waals surface area contributed by atoms with Crippen molar-refractivity contribution in [1.29, 1.82) is 0 Å². The molecule has 2 N–H and O–H groups in total. The highest BCUT2D eigenvalue weighted by atomic mass is 16.3. The van der Waals surface area contributed by atoms with E-state index >= 15 is 0 Å². The van der Waals surface area contributed by atoms with E-state index in [4.69, 9.17) is 5.11 Å².